The summed E-state index contributed by atoms with van der Waals surface area (Å²) in [5.74, 6) is 0. The Morgan fingerprint density at radius 3 is 2.65 bits per heavy atom. The number of nitrogens with one attached hydrogen (secondary N) is 1. The highest BCUT2D eigenvalue weighted by Gasteiger charge is 2.13. The van der Waals surface area contributed by atoms with E-state index in [1.165, 1.54) is 19.3 Å². The Morgan fingerprint density at radius 2 is 2.00 bits per heavy atom. The molecule has 94 valence electrons. The summed E-state index contributed by atoms with van der Waals surface area (Å²) in [6.07, 6.45) is 3.75. The zero-order valence-electron chi connectivity index (χ0n) is 9.72. The maximum Gasteiger partial charge on any atom is 0.0746 e. The predicted molar refractivity (Wildman–Crippen MR) is 71.8 cm³/mol. The lowest BCUT2D eigenvalue weighted by Gasteiger charge is -2.23. The SMILES string of the molecule is Clc1cccc(Cl)c1COCC1CCCCN1. The van der Waals surface area contributed by atoms with Gasteiger partial charge in [0.1, 0.15) is 0 Å². The Bertz CT molecular complexity index is 344. The van der Waals surface area contributed by atoms with E-state index in [4.69, 9.17) is 27.9 Å². The van der Waals surface area contributed by atoms with E-state index in [1.807, 2.05) is 18.2 Å². The lowest BCUT2D eigenvalue weighted by atomic mass is 10.1. The minimum atomic E-state index is 0.477. The van der Waals surface area contributed by atoms with Gasteiger partial charge >= 0.3 is 0 Å². The van der Waals surface area contributed by atoms with Crippen molar-refractivity contribution in [3.8, 4) is 0 Å². The predicted octanol–water partition coefficient (Wildman–Crippen LogP) is 3.65. The van der Waals surface area contributed by atoms with E-state index in [9.17, 15) is 0 Å². The molecule has 0 saturated carbocycles. The van der Waals surface area contributed by atoms with Crippen molar-refractivity contribution in [2.75, 3.05) is 13.2 Å². The quantitative estimate of drug-likeness (QED) is 0.904. The van der Waals surface area contributed by atoms with Crippen LogP contribution in [0.3, 0.4) is 0 Å². The van der Waals surface area contributed by atoms with Crippen LogP contribution in [-0.2, 0) is 11.3 Å². The first-order valence-electron chi connectivity index (χ1n) is 6.01. The molecule has 1 aliphatic rings. The summed E-state index contributed by atoms with van der Waals surface area (Å²) in [5, 5.41) is 4.79. The first kappa shape index (κ1) is 13.2. The highest BCUT2D eigenvalue weighted by molar-refractivity contribution is 6.35. The van der Waals surface area contributed by atoms with E-state index in [2.05, 4.69) is 5.32 Å². The second-order valence-electron chi connectivity index (χ2n) is 4.36. The van der Waals surface area contributed by atoms with Crippen molar-refractivity contribution in [3.63, 3.8) is 0 Å². The number of halogens is 2. The molecule has 2 rings (SSSR count). The molecular formula is C13H17Cl2NO. The number of benzene rings is 1. The largest absolute Gasteiger partial charge is 0.375 e. The maximum atomic E-state index is 6.07. The fraction of sp³-hybridized carbons (Fsp3) is 0.538. The van der Waals surface area contributed by atoms with Crippen LogP contribution in [0.4, 0.5) is 0 Å². The van der Waals surface area contributed by atoms with Crippen LogP contribution < -0.4 is 5.32 Å². The molecule has 1 atom stereocenters. The van der Waals surface area contributed by atoms with Crippen LogP contribution in [0.5, 0.6) is 0 Å². The normalized spacial score (nSPS) is 20.5. The van der Waals surface area contributed by atoms with Gasteiger partial charge in [0.05, 0.1) is 13.2 Å². The van der Waals surface area contributed by atoms with Gasteiger partial charge in [-0.15, -0.1) is 0 Å². The highest BCUT2D eigenvalue weighted by atomic mass is 35.5. The van der Waals surface area contributed by atoms with Crippen molar-refractivity contribution in [1.29, 1.82) is 0 Å². The van der Waals surface area contributed by atoms with Crippen molar-refractivity contribution < 1.29 is 4.74 Å². The third-order valence-corrected chi connectivity index (χ3v) is 3.75. The lowest BCUT2D eigenvalue weighted by Crippen LogP contribution is -2.37. The number of rotatable bonds is 4. The first-order chi connectivity index (χ1) is 8.27. The number of hydrogen-bond donors (Lipinski definition) is 1. The van der Waals surface area contributed by atoms with E-state index in [1.54, 1.807) is 0 Å². The Hall–Kier alpha value is -0.280. The topological polar surface area (TPSA) is 21.3 Å². The Labute approximate surface area is 112 Å². The molecule has 0 bridgehead atoms. The van der Waals surface area contributed by atoms with Crippen molar-refractivity contribution in [2.45, 2.75) is 31.9 Å². The van der Waals surface area contributed by atoms with Gasteiger partial charge in [-0.3, -0.25) is 0 Å². The molecule has 1 saturated heterocycles. The van der Waals surface area contributed by atoms with E-state index < -0.39 is 0 Å². The van der Waals surface area contributed by atoms with Gasteiger partial charge in [-0.05, 0) is 31.5 Å². The molecule has 0 radical (unpaired) electrons. The zero-order valence-corrected chi connectivity index (χ0v) is 11.2. The van der Waals surface area contributed by atoms with Crippen LogP contribution >= 0.6 is 23.2 Å². The lowest BCUT2D eigenvalue weighted by molar-refractivity contribution is 0.0912. The second-order valence-corrected chi connectivity index (χ2v) is 5.18. The average Bonchev–Trinajstić information content (AvgIpc) is 2.34. The zero-order chi connectivity index (χ0) is 12.1. The Morgan fingerprint density at radius 1 is 1.24 bits per heavy atom. The van der Waals surface area contributed by atoms with Gasteiger partial charge in [-0.25, -0.2) is 0 Å². The molecule has 1 aromatic carbocycles. The monoisotopic (exact) mass is 273 g/mol. The van der Waals surface area contributed by atoms with Crippen LogP contribution in [0.25, 0.3) is 0 Å². The third-order valence-electron chi connectivity index (χ3n) is 3.04. The van der Waals surface area contributed by atoms with Crippen molar-refractivity contribution >= 4 is 23.2 Å². The second kappa shape index (κ2) is 6.60. The van der Waals surface area contributed by atoms with Gasteiger partial charge in [0.2, 0.25) is 0 Å². The summed E-state index contributed by atoms with van der Waals surface area (Å²) in [7, 11) is 0. The summed E-state index contributed by atoms with van der Waals surface area (Å²) in [5.41, 5.74) is 0.881. The summed E-state index contributed by atoms with van der Waals surface area (Å²) in [6, 6.07) is 6.00. The smallest absolute Gasteiger partial charge is 0.0746 e. The van der Waals surface area contributed by atoms with E-state index in [0.29, 0.717) is 22.7 Å². The summed E-state index contributed by atoms with van der Waals surface area (Å²) < 4.78 is 5.69. The molecule has 0 aromatic heterocycles. The van der Waals surface area contributed by atoms with Gasteiger partial charge in [-0.1, -0.05) is 35.7 Å². The van der Waals surface area contributed by atoms with Crippen LogP contribution in [-0.4, -0.2) is 19.2 Å². The van der Waals surface area contributed by atoms with Gasteiger partial charge in [0.25, 0.3) is 0 Å². The number of piperidine rings is 1. The van der Waals surface area contributed by atoms with Crippen molar-refractivity contribution in [3.05, 3.63) is 33.8 Å². The Kier molecular flexibility index (Phi) is 5.11. The van der Waals surface area contributed by atoms with Crippen molar-refractivity contribution in [1.82, 2.24) is 5.32 Å². The highest BCUT2D eigenvalue weighted by Crippen LogP contribution is 2.25. The summed E-state index contributed by atoms with van der Waals surface area (Å²) >= 11 is 12.1. The molecule has 17 heavy (non-hydrogen) atoms. The minimum Gasteiger partial charge on any atom is -0.375 e. The van der Waals surface area contributed by atoms with Gasteiger partial charge in [0.15, 0.2) is 0 Å². The summed E-state index contributed by atoms with van der Waals surface area (Å²) in [6.45, 7) is 2.30. The fourth-order valence-corrected chi connectivity index (χ4v) is 2.55. The molecular weight excluding hydrogens is 257 g/mol. The van der Waals surface area contributed by atoms with Crippen LogP contribution in [0.1, 0.15) is 24.8 Å². The van der Waals surface area contributed by atoms with Crippen LogP contribution in [0.15, 0.2) is 18.2 Å². The number of hydrogen-bond acceptors (Lipinski definition) is 2. The summed E-state index contributed by atoms with van der Waals surface area (Å²) in [4.78, 5) is 0. The molecule has 0 amide bonds. The van der Waals surface area contributed by atoms with Crippen LogP contribution in [0, 0.1) is 0 Å². The molecule has 1 N–H and O–H groups in total. The Balaban J connectivity index is 1.81. The van der Waals surface area contributed by atoms with Gasteiger partial charge in [0, 0.05) is 21.7 Å². The standard InChI is InChI=1S/C13H17Cl2NO/c14-12-5-3-6-13(15)11(12)9-17-8-10-4-1-2-7-16-10/h3,5-6,10,16H,1-2,4,7-9H2. The average molecular weight is 274 g/mol. The molecule has 0 aliphatic carbocycles. The molecule has 1 fully saturated rings. The van der Waals surface area contributed by atoms with Gasteiger partial charge in [-0.2, -0.15) is 0 Å². The van der Waals surface area contributed by atoms with E-state index in [0.717, 1.165) is 18.7 Å². The maximum absolute atomic E-state index is 6.07. The van der Waals surface area contributed by atoms with E-state index >= 15 is 0 Å². The van der Waals surface area contributed by atoms with Crippen LogP contribution in [0.2, 0.25) is 10.0 Å². The number of ether oxygens (including phenoxy) is 1. The molecule has 1 aromatic rings. The third kappa shape index (κ3) is 3.85. The first-order valence-corrected chi connectivity index (χ1v) is 6.77. The molecule has 2 nitrogen and oxygen atoms in total. The fourth-order valence-electron chi connectivity index (χ4n) is 2.04. The van der Waals surface area contributed by atoms with Gasteiger partial charge < -0.3 is 10.1 Å². The van der Waals surface area contributed by atoms with E-state index in [-0.39, 0.29) is 0 Å². The molecule has 1 aliphatic heterocycles. The minimum absolute atomic E-state index is 0.477. The molecule has 1 unspecified atom stereocenters. The molecule has 0 spiro atoms. The molecule has 4 heteroatoms. The van der Waals surface area contributed by atoms with Crippen molar-refractivity contribution in [2.24, 2.45) is 0 Å². The molecule has 1 heterocycles.